The highest BCUT2D eigenvalue weighted by Gasteiger charge is 2.67. The quantitative estimate of drug-likeness (QED) is 0.777. The summed E-state index contributed by atoms with van der Waals surface area (Å²) in [4.78, 5) is 24.4. The van der Waals surface area contributed by atoms with Gasteiger partial charge in [0.05, 0.1) is 6.10 Å². The van der Waals surface area contributed by atoms with E-state index < -0.39 is 35.1 Å². The van der Waals surface area contributed by atoms with Crippen LogP contribution >= 0.6 is 0 Å². The minimum atomic E-state index is -1.21. The van der Waals surface area contributed by atoms with E-state index in [-0.39, 0.29) is 35.7 Å². The van der Waals surface area contributed by atoms with Gasteiger partial charge in [0.1, 0.15) is 12.8 Å². The van der Waals surface area contributed by atoms with Crippen LogP contribution < -0.4 is 0 Å². The van der Waals surface area contributed by atoms with E-state index in [9.17, 15) is 19.8 Å². The van der Waals surface area contributed by atoms with E-state index in [0.29, 0.717) is 18.4 Å². The van der Waals surface area contributed by atoms with E-state index in [1.165, 1.54) is 12.2 Å². The first-order chi connectivity index (χ1) is 12.6. The largest absolute Gasteiger partial charge is 0.393 e. The highest BCUT2D eigenvalue weighted by Crippen LogP contribution is 2.69. The minimum absolute atomic E-state index is 0.0536. The van der Waals surface area contributed by atoms with E-state index in [1.807, 2.05) is 20.8 Å². The van der Waals surface area contributed by atoms with Crippen molar-refractivity contribution < 1.29 is 24.2 Å². The summed E-state index contributed by atoms with van der Waals surface area (Å²) in [6.45, 7) is 5.38. The maximum atomic E-state index is 15.2. The monoisotopic (exact) mass is 376 g/mol. The number of aliphatic hydroxyl groups excluding tert-OH is 2. The number of alkyl halides is 1. The molecule has 0 aromatic carbocycles. The summed E-state index contributed by atoms with van der Waals surface area (Å²) in [6, 6.07) is 0. The molecule has 4 aliphatic rings. The number of fused-ring (bicyclic) bond motifs is 5. The zero-order valence-electron chi connectivity index (χ0n) is 16.2. The van der Waals surface area contributed by atoms with Gasteiger partial charge in [0.25, 0.3) is 0 Å². The van der Waals surface area contributed by atoms with Gasteiger partial charge in [0, 0.05) is 16.7 Å². The number of hydrogen-bond donors (Lipinski definition) is 2. The van der Waals surface area contributed by atoms with Crippen LogP contribution in [0.3, 0.4) is 0 Å². The number of aliphatic hydroxyl groups is 2. The molecule has 3 saturated carbocycles. The molecule has 0 unspecified atom stereocenters. The average molecular weight is 376 g/mol. The summed E-state index contributed by atoms with van der Waals surface area (Å²) in [5.41, 5.74) is -1.33. The van der Waals surface area contributed by atoms with Crippen LogP contribution in [0.2, 0.25) is 0 Å². The molecule has 27 heavy (non-hydrogen) atoms. The summed E-state index contributed by atoms with van der Waals surface area (Å²) in [5.74, 6) is -0.470. The molecule has 0 aromatic rings. The Kier molecular flexibility index (Phi) is 4.11. The Hall–Kier alpha value is -1.33. The normalized spacial score (nSPS) is 51.3. The second kappa shape index (κ2) is 5.84. The van der Waals surface area contributed by atoms with Crippen LogP contribution in [-0.2, 0) is 9.59 Å². The first-order valence-electron chi connectivity index (χ1n) is 10.00. The highest BCUT2D eigenvalue weighted by atomic mass is 19.1. The number of ketones is 2. The Balaban J connectivity index is 1.78. The van der Waals surface area contributed by atoms with Gasteiger partial charge in [-0.25, -0.2) is 4.39 Å². The fraction of sp³-hybridized carbons (Fsp3) is 0.727. The van der Waals surface area contributed by atoms with Crippen molar-refractivity contribution in [3.05, 3.63) is 23.8 Å². The number of carbonyl (C=O) groups is 2. The van der Waals surface area contributed by atoms with Crippen molar-refractivity contribution >= 4 is 11.6 Å². The summed E-state index contributed by atoms with van der Waals surface area (Å²) >= 11 is 0. The molecule has 0 aliphatic heterocycles. The van der Waals surface area contributed by atoms with Gasteiger partial charge < -0.3 is 10.2 Å². The number of rotatable bonds is 2. The summed E-state index contributed by atoms with van der Waals surface area (Å²) in [7, 11) is 0. The van der Waals surface area contributed by atoms with Crippen LogP contribution in [0.1, 0.15) is 46.5 Å². The maximum Gasteiger partial charge on any atom is 0.178 e. The van der Waals surface area contributed by atoms with Crippen molar-refractivity contribution in [2.75, 3.05) is 6.61 Å². The Morgan fingerprint density at radius 1 is 1.33 bits per heavy atom. The van der Waals surface area contributed by atoms with Crippen molar-refractivity contribution in [3.8, 4) is 0 Å². The number of carbonyl (C=O) groups excluding carboxylic acids is 2. The Labute approximate surface area is 159 Å². The van der Waals surface area contributed by atoms with Gasteiger partial charge in [0.2, 0.25) is 0 Å². The zero-order valence-corrected chi connectivity index (χ0v) is 16.2. The number of allylic oxidation sites excluding steroid dienone is 4. The lowest BCUT2D eigenvalue weighted by atomic mass is 9.44. The molecular weight excluding hydrogens is 347 g/mol. The highest BCUT2D eigenvalue weighted by molar-refractivity contribution is 6.01. The molecule has 4 nitrogen and oxygen atoms in total. The smallest absolute Gasteiger partial charge is 0.178 e. The molecule has 0 radical (unpaired) electrons. The van der Waals surface area contributed by atoms with E-state index in [0.717, 1.165) is 6.42 Å². The van der Waals surface area contributed by atoms with E-state index >= 15 is 4.39 Å². The molecule has 8 atom stereocenters. The minimum Gasteiger partial charge on any atom is -0.393 e. The molecule has 0 aromatic heterocycles. The number of hydrogen-bond acceptors (Lipinski definition) is 4. The van der Waals surface area contributed by atoms with Crippen molar-refractivity contribution in [2.24, 2.45) is 34.0 Å². The topological polar surface area (TPSA) is 74.6 Å². The third-order valence-corrected chi connectivity index (χ3v) is 8.84. The lowest BCUT2D eigenvalue weighted by Crippen LogP contribution is -2.60. The fourth-order valence-electron chi connectivity index (χ4n) is 7.21. The van der Waals surface area contributed by atoms with Crippen LogP contribution in [0.25, 0.3) is 0 Å². The lowest BCUT2D eigenvalue weighted by Gasteiger charge is -2.60. The van der Waals surface area contributed by atoms with Gasteiger partial charge in [-0.05, 0) is 60.7 Å². The molecule has 2 N–H and O–H groups in total. The van der Waals surface area contributed by atoms with Crippen LogP contribution in [0, 0.1) is 34.0 Å². The van der Waals surface area contributed by atoms with Gasteiger partial charge in [-0.1, -0.05) is 26.8 Å². The van der Waals surface area contributed by atoms with Gasteiger partial charge >= 0.3 is 0 Å². The lowest BCUT2D eigenvalue weighted by molar-refractivity contribution is -0.158. The third-order valence-electron chi connectivity index (χ3n) is 8.84. The Morgan fingerprint density at radius 3 is 2.70 bits per heavy atom. The summed E-state index contributed by atoms with van der Waals surface area (Å²) < 4.78 is 15.2. The van der Waals surface area contributed by atoms with Crippen LogP contribution in [0.5, 0.6) is 0 Å². The molecule has 4 rings (SSSR count). The molecule has 0 amide bonds. The zero-order chi connectivity index (χ0) is 19.8. The standard InChI is InChI=1S/C22H29FO4/c1-20-6-4-12(25)8-15(20)16(23)9-13-14-5-7-21(2,18(27)11-24)22(14,3)10-17(26)19(13)20/h4,6,8,13-14,16-17,19,24,26H,5,7,9-11H2,1-3H3/t13-,14-,16-,17-,19+,20-,21+,22-/m0/s1. The Bertz CT molecular complexity index is 757. The second-order valence-corrected chi connectivity index (χ2v) is 9.76. The molecule has 0 bridgehead atoms. The Morgan fingerprint density at radius 2 is 2.04 bits per heavy atom. The first-order valence-corrected chi connectivity index (χ1v) is 10.00. The van der Waals surface area contributed by atoms with E-state index in [2.05, 4.69) is 0 Å². The first kappa shape index (κ1) is 19.0. The van der Waals surface area contributed by atoms with Crippen LogP contribution in [0.15, 0.2) is 23.8 Å². The molecule has 3 fully saturated rings. The van der Waals surface area contributed by atoms with Crippen molar-refractivity contribution in [2.45, 2.75) is 58.7 Å². The van der Waals surface area contributed by atoms with Gasteiger partial charge in [0.15, 0.2) is 11.6 Å². The summed E-state index contributed by atoms with van der Waals surface area (Å²) in [5, 5.41) is 20.7. The molecular formula is C22H29FO4. The SMILES string of the molecule is C[C@]12C=CC(=O)C=C1[C@@H](F)C[C@@H]1[C@@H]2[C@@H](O)C[C@@]2(C)[C@H]1CC[C@]2(C)C(=O)CO. The predicted octanol–water partition coefficient (Wildman–Crippen LogP) is 2.78. The molecule has 0 saturated heterocycles. The third kappa shape index (κ3) is 2.27. The van der Waals surface area contributed by atoms with Crippen molar-refractivity contribution in [1.29, 1.82) is 0 Å². The van der Waals surface area contributed by atoms with Crippen LogP contribution in [-0.4, -0.2) is 40.7 Å². The summed E-state index contributed by atoms with van der Waals surface area (Å²) in [6.07, 6.45) is 5.01. The second-order valence-electron chi connectivity index (χ2n) is 9.76. The molecule has 0 heterocycles. The maximum absolute atomic E-state index is 15.2. The van der Waals surface area contributed by atoms with Crippen LogP contribution in [0.4, 0.5) is 4.39 Å². The van der Waals surface area contributed by atoms with Crippen molar-refractivity contribution in [3.63, 3.8) is 0 Å². The van der Waals surface area contributed by atoms with E-state index in [1.54, 1.807) is 6.08 Å². The average Bonchev–Trinajstić information content (AvgIpc) is 2.87. The molecule has 5 heteroatoms. The number of halogens is 1. The van der Waals surface area contributed by atoms with E-state index in [4.69, 9.17) is 0 Å². The van der Waals surface area contributed by atoms with Gasteiger partial charge in [-0.3, -0.25) is 9.59 Å². The van der Waals surface area contributed by atoms with Gasteiger partial charge in [-0.15, -0.1) is 0 Å². The molecule has 4 aliphatic carbocycles. The predicted molar refractivity (Wildman–Crippen MR) is 98.5 cm³/mol. The fourth-order valence-corrected chi connectivity index (χ4v) is 7.21. The molecule has 0 spiro atoms. The molecule has 148 valence electrons. The van der Waals surface area contributed by atoms with Gasteiger partial charge in [-0.2, -0.15) is 0 Å². The van der Waals surface area contributed by atoms with Crippen molar-refractivity contribution in [1.82, 2.24) is 0 Å². The number of Topliss-reactive ketones (excluding diaryl/α,β-unsaturated/α-hetero) is 1.